The van der Waals surface area contributed by atoms with E-state index in [4.69, 9.17) is 4.42 Å². The molecule has 0 aliphatic carbocycles. The van der Waals surface area contributed by atoms with Crippen LogP contribution in [0.5, 0.6) is 0 Å². The number of hydrogen-bond donors (Lipinski definition) is 2. The number of carbonyl (C=O) groups excluding carboxylic acids is 1. The van der Waals surface area contributed by atoms with E-state index in [1.54, 1.807) is 6.07 Å². The zero-order valence-electron chi connectivity index (χ0n) is 17.4. The minimum absolute atomic E-state index is 0.100. The first kappa shape index (κ1) is 22.3. The number of fused-ring (bicyclic) bond motifs is 1. The molecule has 3 aromatic heterocycles. The quantitative estimate of drug-likeness (QED) is 0.329. The number of aromatic nitrogens is 3. The van der Waals surface area contributed by atoms with Crippen LogP contribution in [0.3, 0.4) is 0 Å². The summed E-state index contributed by atoms with van der Waals surface area (Å²) in [6.45, 7) is 0. The molecule has 0 aliphatic heterocycles. The van der Waals surface area contributed by atoms with Crippen molar-refractivity contribution in [3.05, 3.63) is 96.0 Å². The Morgan fingerprint density at radius 3 is 2.63 bits per heavy atom. The minimum Gasteiger partial charge on any atom is -0.443 e. The Morgan fingerprint density at radius 1 is 1.06 bits per heavy atom. The standard InChI is InChI=1S/C23H13F3N4O4S/c24-13-2-1-3-14(7-13)35(32,33)30-18-5-4-17(25)20(21(18)26)22(31)16-9-29-23-15(16)6-12(8-28-23)19-10-27-11-34-19/h1-11,30H,(H,28,29). The van der Waals surface area contributed by atoms with Crippen molar-refractivity contribution in [3.8, 4) is 11.3 Å². The molecule has 2 aromatic carbocycles. The van der Waals surface area contributed by atoms with E-state index in [-0.39, 0.29) is 16.6 Å². The van der Waals surface area contributed by atoms with Crippen molar-refractivity contribution >= 4 is 32.5 Å². The lowest BCUT2D eigenvalue weighted by Gasteiger charge is -2.12. The Kier molecular flexibility index (Phi) is 5.36. The number of halogens is 3. The number of rotatable bonds is 6. The lowest BCUT2D eigenvalue weighted by Crippen LogP contribution is -2.16. The van der Waals surface area contributed by atoms with Crippen LogP contribution in [0.2, 0.25) is 0 Å². The molecule has 8 nitrogen and oxygen atoms in total. The van der Waals surface area contributed by atoms with Crippen LogP contribution in [-0.4, -0.2) is 29.2 Å². The number of hydrogen-bond acceptors (Lipinski definition) is 6. The summed E-state index contributed by atoms with van der Waals surface area (Å²) < 4.78 is 75.7. The zero-order chi connectivity index (χ0) is 24.7. The van der Waals surface area contributed by atoms with Gasteiger partial charge in [-0.15, -0.1) is 0 Å². The lowest BCUT2D eigenvalue weighted by molar-refractivity contribution is 0.103. The molecule has 12 heteroatoms. The van der Waals surface area contributed by atoms with Gasteiger partial charge in [0.2, 0.25) is 5.78 Å². The number of aromatic amines is 1. The summed E-state index contributed by atoms with van der Waals surface area (Å²) in [5.74, 6) is -4.13. The third kappa shape index (κ3) is 4.04. The SMILES string of the molecule is O=C(c1c(F)ccc(NS(=O)(=O)c2cccc(F)c2)c1F)c1c[nH]c2ncc(-c3cnco3)cc12. The second-order valence-corrected chi connectivity index (χ2v) is 9.05. The number of nitrogens with one attached hydrogen (secondary N) is 2. The number of benzene rings is 2. The van der Waals surface area contributed by atoms with Gasteiger partial charge in [0, 0.05) is 28.9 Å². The Morgan fingerprint density at radius 2 is 1.89 bits per heavy atom. The van der Waals surface area contributed by atoms with Gasteiger partial charge in [-0.2, -0.15) is 0 Å². The first-order valence-corrected chi connectivity index (χ1v) is 11.4. The van der Waals surface area contributed by atoms with E-state index in [9.17, 15) is 22.0 Å². The predicted molar refractivity (Wildman–Crippen MR) is 119 cm³/mol. The fourth-order valence-electron chi connectivity index (χ4n) is 3.50. The monoisotopic (exact) mass is 498 g/mol. The molecule has 0 fully saturated rings. The zero-order valence-corrected chi connectivity index (χ0v) is 18.2. The van der Waals surface area contributed by atoms with Crippen molar-refractivity contribution in [1.29, 1.82) is 0 Å². The van der Waals surface area contributed by atoms with Crippen molar-refractivity contribution in [2.75, 3.05) is 4.72 Å². The number of anilines is 1. The Bertz CT molecular complexity index is 1700. The largest absolute Gasteiger partial charge is 0.443 e. The summed E-state index contributed by atoms with van der Waals surface area (Å²) in [5.41, 5.74) is -1.01. The molecule has 0 saturated carbocycles. The van der Waals surface area contributed by atoms with E-state index < -0.39 is 49.4 Å². The van der Waals surface area contributed by atoms with Crippen molar-refractivity contribution in [2.24, 2.45) is 0 Å². The fraction of sp³-hybridized carbons (Fsp3) is 0. The summed E-state index contributed by atoms with van der Waals surface area (Å²) in [6.07, 6.45) is 5.36. The Balaban J connectivity index is 1.56. The van der Waals surface area contributed by atoms with Crippen LogP contribution in [0, 0.1) is 17.5 Å². The molecule has 5 aromatic rings. The Hall–Kier alpha value is -4.45. The maximum absolute atomic E-state index is 15.3. The lowest BCUT2D eigenvalue weighted by atomic mass is 10.0. The molecule has 2 N–H and O–H groups in total. The van der Waals surface area contributed by atoms with Gasteiger partial charge >= 0.3 is 0 Å². The molecule has 0 radical (unpaired) electrons. The second kappa shape index (κ2) is 8.40. The molecule has 0 amide bonds. The van der Waals surface area contributed by atoms with Crippen molar-refractivity contribution < 1.29 is 30.8 Å². The molecule has 176 valence electrons. The van der Waals surface area contributed by atoms with Crippen LogP contribution in [0.1, 0.15) is 15.9 Å². The number of oxazole rings is 1. The van der Waals surface area contributed by atoms with Gasteiger partial charge in [0.15, 0.2) is 18.0 Å². The molecule has 5 rings (SSSR count). The van der Waals surface area contributed by atoms with Gasteiger partial charge in [0.05, 0.1) is 22.3 Å². The normalized spacial score (nSPS) is 11.6. The van der Waals surface area contributed by atoms with Gasteiger partial charge in [0.25, 0.3) is 10.0 Å². The molecule has 0 aliphatic rings. The molecule has 0 atom stereocenters. The van der Waals surface area contributed by atoms with Gasteiger partial charge in [0.1, 0.15) is 17.3 Å². The third-order valence-electron chi connectivity index (χ3n) is 5.16. The third-order valence-corrected chi connectivity index (χ3v) is 6.52. The topological polar surface area (TPSA) is 118 Å². The number of ketones is 1. The summed E-state index contributed by atoms with van der Waals surface area (Å²) in [6, 6.07) is 7.17. The van der Waals surface area contributed by atoms with Crippen LogP contribution < -0.4 is 4.72 Å². The average molecular weight is 498 g/mol. The number of nitrogens with zero attached hydrogens (tertiary/aromatic N) is 2. The predicted octanol–water partition coefficient (Wildman–Crippen LogP) is 4.67. The van der Waals surface area contributed by atoms with Gasteiger partial charge in [-0.3, -0.25) is 9.52 Å². The number of carbonyl (C=O) groups is 1. The smallest absolute Gasteiger partial charge is 0.262 e. The summed E-state index contributed by atoms with van der Waals surface area (Å²) >= 11 is 0. The highest BCUT2D eigenvalue weighted by atomic mass is 32.2. The van der Waals surface area contributed by atoms with E-state index in [0.29, 0.717) is 11.3 Å². The number of pyridine rings is 1. The van der Waals surface area contributed by atoms with E-state index >= 15 is 4.39 Å². The molecule has 0 bridgehead atoms. The summed E-state index contributed by atoms with van der Waals surface area (Å²) in [7, 11) is -4.43. The Labute approximate surface area is 195 Å². The maximum Gasteiger partial charge on any atom is 0.262 e. The molecule has 0 saturated heterocycles. The maximum atomic E-state index is 15.3. The van der Waals surface area contributed by atoms with E-state index in [1.165, 1.54) is 25.0 Å². The van der Waals surface area contributed by atoms with Crippen LogP contribution in [0.15, 0.2) is 76.8 Å². The first-order valence-electron chi connectivity index (χ1n) is 9.91. The highest BCUT2D eigenvalue weighted by Crippen LogP contribution is 2.30. The first-order chi connectivity index (χ1) is 16.7. The molecule has 35 heavy (non-hydrogen) atoms. The minimum atomic E-state index is -4.43. The van der Waals surface area contributed by atoms with Crippen molar-refractivity contribution in [2.45, 2.75) is 4.90 Å². The van der Waals surface area contributed by atoms with E-state index in [1.807, 2.05) is 4.72 Å². The molecular formula is C23H13F3N4O4S. The van der Waals surface area contributed by atoms with Crippen molar-refractivity contribution in [1.82, 2.24) is 15.0 Å². The van der Waals surface area contributed by atoms with Crippen molar-refractivity contribution in [3.63, 3.8) is 0 Å². The summed E-state index contributed by atoms with van der Waals surface area (Å²) in [5, 5.41) is 0.258. The van der Waals surface area contributed by atoms with Crippen LogP contribution >= 0.6 is 0 Å². The highest BCUT2D eigenvalue weighted by molar-refractivity contribution is 7.92. The molecule has 3 heterocycles. The van der Waals surface area contributed by atoms with E-state index in [2.05, 4.69) is 15.0 Å². The number of H-pyrrole nitrogens is 1. The van der Waals surface area contributed by atoms with Gasteiger partial charge < -0.3 is 9.40 Å². The van der Waals surface area contributed by atoms with Crippen LogP contribution in [0.25, 0.3) is 22.4 Å². The van der Waals surface area contributed by atoms with Gasteiger partial charge in [-0.05, 0) is 36.4 Å². The van der Waals surface area contributed by atoms with Gasteiger partial charge in [-0.25, -0.2) is 31.6 Å². The molecular weight excluding hydrogens is 485 g/mol. The van der Waals surface area contributed by atoms with Crippen LogP contribution in [0.4, 0.5) is 18.9 Å². The molecule has 0 spiro atoms. The van der Waals surface area contributed by atoms with Gasteiger partial charge in [-0.1, -0.05) is 6.07 Å². The summed E-state index contributed by atoms with van der Waals surface area (Å²) in [4.78, 5) is 23.5. The average Bonchev–Trinajstić information content (AvgIpc) is 3.51. The highest BCUT2D eigenvalue weighted by Gasteiger charge is 2.26. The van der Waals surface area contributed by atoms with Crippen LogP contribution in [-0.2, 0) is 10.0 Å². The fourth-order valence-corrected chi connectivity index (χ4v) is 4.59. The second-order valence-electron chi connectivity index (χ2n) is 7.36. The van der Waals surface area contributed by atoms with E-state index in [0.717, 1.165) is 36.4 Å². The molecule has 0 unspecified atom stereocenters. The number of sulfonamides is 1.